The van der Waals surface area contributed by atoms with Gasteiger partial charge in [-0.2, -0.15) is 0 Å². The highest BCUT2D eigenvalue weighted by Crippen LogP contribution is 2.34. The molecule has 0 saturated carbocycles. The SMILES string of the molecule is COc1cc(CNc2ccc(C)c(Cl)c2)c(Br)cc1OCc1ccccc1C. The van der Waals surface area contributed by atoms with E-state index >= 15 is 0 Å². The van der Waals surface area contributed by atoms with E-state index in [-0.39, 0.29) is 0 Å². The summed E-state index contributed by atoms with van der Waals surface area (Å²) in [4.78, 5) is 0. The smallest absolute Gasteiger partial charge is 0.162 e. The molecule has 0 aromatic heterocycles. The normalized spacial score (nSPS) is 10.6. The molecule has 146 valence electrons. The van der Waals surface area contributed by atoms with E-state index in [2.05, 4.69) is 40.3 Å². The lowest BCUT2D eigenvalue weighted by molar-refractivity contribution is 0.283. The van der Waals surface area contributed by atoms with Crippen LogP contribution in [0, 0.1) is 13.8 Å². The van der Waals surface area contributed by atoms with Crippen molar-refractivity contribution in [3.05, 3.63) is 86.3 Å². The predicted molar refractivity (Wildman–Crippen MR) is 120 cm³/mol. The van der Waals surface area contributed by atoms with E-state index in [9.17, 15) is 0 Å². The number of aryl methyl sites for hydroxylation is 2. The van der Waals surface area contributed by atoms with E-state index in [4.69, 9.17) is 21.1 Å². The van der Waals surface area contributed by atoms with Crippen molar-refractivity contribution >= 4 is 33.2 Å². The van der Waals surface area contributed by atoms with Crippen LogP contribution in [0.4, 0.5) is 5.69 Å². The molecule has 0 saturated heterocycles. The van der Waals surface area contributed by atoms with Crippen LogP contribution in [0.25, 0.3) is 0 Å². The van der Waals surface area contributed by atoms with Gasteiger partial charge in [-0.3, -0.25) is 0 Å². The summed E-state index contributed by atoms with van der Waals surface area (Å²) in [6.45, 7) is 5.20. The number of hydrogen-bond acceptors (Lipinski definition) is 3. The molecule has 0 aliphatic carbocycles. The largest absolute Gasteiger partial charge is 0.493 e. The number of methoxy groups -OCH3 is 1. The molecule has 0 aliphatic rings. The third-order valence-corrected chi connectivity index (χ3v) is 5.78. The first-order valence-corrected chi connectivity index (χ1v) is 10.2. The second-order valence-electron chi connectivity index (χ2n) is 6.63. The van der Waals surface area contributed by atoms with Gasteiger partial charge in [0, 0.05) is 21.7 Å². The highest BCUT2D eigenvalue weighted by Gasteiger charge is 2.11. The van der Waals surface area contributed by atoms with Crippen LogP contribution in [-0.2, 0) is 13.2 Å². The van der Waals surface area contributed by atoms with Gasteiger partial charge in [-0.25, -0.2) is 0 Å². The molecule has 0 aliphatic heterocycles. The Hall–Kier alpha value is -2.17. The molecule has 0 heterocycles. The van der Waals surface area contributed by atoms with Gasteiger partial charge in [0.25, 0.3) is 0 Å². The number of halogens is 2. The van der Waals surface area contributed by atoms with Crippen LogP contribution in [-0.4, -0.2) is 7.11 Å². The van der Waals surface area contributed by atoms with Gasteiger partial charge in [0.05, 0.1) is 7.11 Å². The molecule has 3 nitrogen and oxygen atoms in total. The van der Waals surface area contributed by atoms with Crippen molar-refractivity contribution in [1.82, 2.24) is 0 Å². The van der Waals surface area contributed by atoms with Crippen LogP contribution in [0.5, 0.6) is 11.5 Å². The molecule has 3 aromatic carbocycles. The summed E-state index contributed by atoms with van der Waals surface area (Å²) < 4.78 is 12.5. The topological polar surface area (TPSA) is 30.5 Å². The molecule has 1 N–H and O–H groups in total. The molecule has 3 aromatic rings. The zero-order valence-electron chi connectivity index (χ0n) is 16.2. The average Bonchev–Trinajstić information content (AvgIpc) is 2.69. The number of hydrogen-bond donors (Lipinski definition) is 1. The first kappa shape index (κ1) is 20.6. The summed E-state index contributed by atoms with van der Waals surface area (Å²) >= 11 is 9.86. The van der Waals surface area contributed by atoms with Gasteiger partial charge in [-0.05, 0) is 60.4 Å². The molecule has 0 spiro atoms. The van der Waals surface area contributed by atoms with Crippen LogP contribution >= 0.6 is 27.5 Å². The fourth-order valence-corrected chi connectivity index (χ4v) is 3.46. The quantitative estimate of drug-likeness (QED) is 0.415. The molecule has 0 atom stereocenters. The Morgan fingerprint density at radius 2 is 1.71 bits per heavy atom. The maximum absolute atomic E-state index is 6.21. The molecule has 5 heteroatoms. The highest BCUT2D eigenvalue weighted by atomic mass is 79.9. The maximum atomic E-state index is 6.21. The van der Waals surface area contributed by atoms with Gasteiger partial charge < -0.3 is 14.8 Å². The summed E-state index contributed by atoms with van der Waals surface area (Å²) in [6, 6.07) is 18.1. The van der Waals surface area contributed by atoms with E-state index in [0.29, 0.717) is 24.7 Å². The van der Waals surface area contributed by atoms with E-state index < -0.39 is 0 Å². The van der Waals surface area contributed by atoms with E-state index in [1.807, 2.05) is 49.4 Å². The average molecular weight is 461 g/mol. The minimum Gasteiger partial charge on any atom is -0.493 e. The van der Waals surface area contributed by atoms with E-state index in [0.717, 1.165) is 31.9 Å². The maximum Gasteiger partial charge on any atom is 0.162 e. The van der Waals surface area contributed by atoms with Crippen LogP contribution in [0.1, 0.15) is 22.3 Å². The second kappa shape index (κ2) is 9.35. The number of nitrogens with one attached hydrogen (secondary N) is 1. The Balaban J connectivity index is 1.73. The van der Waals surface area contributed by atoms with Gasteiger partial charge in [0.2, 0.25) is 0 Å². The molecular formula is C23H23BrClNO2. The van der Waals surface area contributed by atoms with Crippen molar-refractivity contribution in [2.75, 3.05) is 12.4 Å². The third-order valence-electron chi connectivity index (χ3n) is 4.63. The lowest BCUT2D eigenvalue weighted by Crippen LogP contribution is -2.03. The number of rotatable bonds is 7. The van der Waals surface area contributed by atoms with Crippen molar-refractivity contribution in [2.45, 2.75) is 27.0 Å². The Kier molecular flexibility index (Phi) is 6.87. The zero-order valence-corrected chi connectivity index (χ0v) is 18.5. The summed E-state index contributed by atoms with van der Waals surface area (Å²) in [5, 5.41) is 4.15. The van der Waals surface area contributed by atoms with Crippen molar-refractivity contribution in [3.8, 4) is 11.5 Å². The third kappa shape index (κ3) is 5.00. The monoisotopic (exact) mass is 459 g/mol. The Morgan fingerprint density at radius 1 is 0.929 bits per heavy atom. The fourth-order valence-electron chi connectivity index (χ4n) is 2.81. The van der Waals surface area contributed by atoms with Gasteiger partial charge in [0.1, 0.15) is 6.61 Å². The minimum atomic E-state index is 0.495. The summed E-state index contributed by atoms with van der Waals surface area (Å²) in [5.41, 5.74) is 5.46. The fraction of sp³-hybridized carbons (Fsp3) is 0.217. The van der Waals surface area contributed by atoms with Crippen LogP contribution < -0.4 is 14.8 Å². The van der Waals surface area contributed by atoms with Gasteiger partial charge in [-0.15, -0.1) is 0 Å². The van der Waals surface area contributed by atoms with Crippen molar-refractivity contribution in [1.29, 1.82) is 0 Å². The molecule has 0 bridgehead atoms. The Labute approximate surface area is 179 Å². The van der Waals surface area contributed by atoms with Crippen LogP contribution in [0.3, 0.4) is 0 Å². The molecule has 28 heavy (non-hydrogen) atoms. The number of benzene rings is 3. The van der Waals surface area contributed by atoms with Crippen molar-refractivity contribution < 1.29 is 9.47 Å². The Bertz CT molecular complexity index is 975. The lowest BCUT2D eigenvalue weighted by atomic mass is 10.1. The lowest BCUT2D eigenvalue weighted by Gasteiger charge is -2.16. The Morgan fingerprint density at radius 3 is 2.43 bits per heavy atom. The number of anilines is 1. The zero-order chi connectivity index (χ0) is 20.1. The molecule has 3 rings (SSSR count). The van der Waals surface area contributed by atoms with E-state index in [1.165, 1.54) is 5.56 Å². The van der Waals surface area contributed by atoms with Crippen LogP contribution in [0.2, 0.25) is 5.02 Å². The summed E-state index contributed by atoms with van der Waals surface area (Å²) in [5.74, 6) is 1.41. The van der Waals surface area contributed by atoms with Crippen molar-refractivity contribution in [3.63, 3.8) is 0 Å². The summed E-state index contributed by atoms with van der Waals surface area (Å²) in [7, 11) is 1.65. The number of ether oxygens (including phenoxy) is 2. The molecule has 0 unspecified atom stereocenters. The van der Waals surface area contributed by atoms with Gasteiger partial charge >= 0.3 is 0 Å². The molecule has 0 radical (unpaired) electrons. The van der Waals surface area contributed by atoms with Gasteiger partial charge in [-0.1, -0.05) is 57.9 Å². The molecular weight excluding hydrogens is 438 g/mol. The van der Waals surface area contributed by atoms with Crippen molar-refractivity contribution in [2.24, 2.45) is 0 Å². The highest BCUT2D eigenvalue weighted by molar-refractivity contribution is 9.10. The van der Waals surface area contributed by atoms with E-state index in [1.54, 1.807) is 7.11 Å². The second-order valence-corrected chi connectivity index (χ2v) is 7.89. The first-order valence-electron chi connectivity index (χ1n) is 9.01. The molecule has 0 amide bonds. The minimum absolute atomic E-state index is 0.495. The predicted octanol–water partition coefficient (Wildman–Crippen LogP) is 6.92. The summed E-state index contributed by atoms with van der Waals surface area (Å²) in [6.07, 6.45) is 0. The van der Waals surface area contributed by atoms with Gasteiger partial charge in [0.15, 0.2) is 11.5 Å². The first-order chi connectivity index (χ1) is 13.5. The molecule has 0 fully saturated rings. The standard InChI is InChI=1S/C23H23BrClNO2/c1-15-6-4-5-7-17(15)14-28-23-12-20(24)18(10-22(23)27-3)13-26-19-9-8-16(2)21(25)11-19/h4-12,26H,13-14H2,1-3H3. The van der Waals surface area contributed by atoms with Crippen LogP contribution in [0.15, 0.2) is 59.1 Å².